The number of hydrogen-bond donors (Lipinski definition) is 1. The first-order chi connectivity index (χ1) is 14.5. The number of amides is 2. The molecule has 2 amide bonds. The standard InChI is InChI=1S/C21H24N4O4S/c1-4-25(13-19(26)23-15-6-5-7-16(12-15)28-3)20(27)18-9-8-17(29-18)14-30-21-22-10-11-24(21)2/h5-12H,4,13-14H2,1-3H3,(H,23,26). The van der Waals surface area contributed by atoms with Crippen molar-refractivity contribution in [2.24, 2.45) is 7.05 Å². The molecular weight excluding hydrogens is 404 g/mol. The van der Waals surface area contributed by atoms with Gasteiger partial charge >= 0.3 is 0 Å². The van der Waals surface area contributed by atoms with Crippen molar-refractivity contribution in [3.8, 4) is 5.75 Å². The fourth-order valence-electron chi connectivity index (χ4n) is 2.75. The SMILES string of the molecule is CCN(CC(=O)Nc1cccc(OC)c1)C(=O)c1ccc(CSc2nccn2C)o1. The first-order valence-corrected chi connectivity index (χ1v) is 10.4. The van der Waals surface area contributed by atoms with E-state index in [1.54, 1.807) is 49.7 Å². The van der Waals surface area contributed by atoms with Gasteiger partial charge < -0.3 is 23.9 Å². The maximum atomic E-state index is 12.8. The average Bonchev–Trinajstić information content (AvgIpc) is 3.39. The third-order valence-corrected chi connectivity index (χ3v) is 5.43. The van der Waals surface area contributed by atoms with E-state index < -0.39 is 0 Å². The zero-order valence-electron chi connectivity index (χ0n) is 17.1. The van der Waals surface area contributed by atoms with Crippen LogP contribution in [-0.2, 0) is 17.6 Å². The monoisotopic (exact) mass is 428 g/mol. The first kappa shape index (κ1) is 21.5. The molecule has 0 aliphatic heterocycles. The molecule has 1 N–H and O–H groups in total. The quantitative estimate of drug-likeness (QED) is 0.526. The van der Waals surface area contributed by atoms with Crippen LogP contribution >= 0.6 is 11.8 Å². The van der Waals surface area contributed by atoms with E-state index in [0.29, 0.717) is 29.5 Å². The Morgan fingerprint density at radius 1 is 1.30 bits per heavy atom. The number of rotatable bonds is 9. The van der Waals surface area contributed by atoms with E-state index in [0.717, 1.165) is 5.16 Å². The van der Waals surface area contributed by atoms with Crippen LogP contribution in [0.2, 0.25) is 0 Å². The summed E-state index contributed by atoms with van der Waals surface area (Å²) in [4.78, 5) is 30.9. The Hall–Kier alpha value is -3.20. The Morgan fingerprint density at radius 3 is 2.83 bits per heavy atom. The van der Waals surface area contributed by atoms with Crippen molar-refractivity contribution in [2.75, 3.05) is 25.5 Å². The summed E-state index contributed by atoms with van der Waals surface area (Å²) < 4.78 is 12.8. The van der Waals surface area contributed by atoms with Gasteiger partial charge in [0.05, 0.1) is 12.9 Å². The average molecular weight is 429 g/mol. The maximum absolute atomic E-state index is 12.8. The van der Waals surface area contributed by atoms with E-state index in [9.17, 15) is 9.59 Å². The minimum Gasteiger partial charge on any atom is -0.497 e. The Kier molecular flexibility index (Phi) is 7.18. The van der Waals surface area contributed by atoms with Crippen molar-refractivity contribution in [3.63, 3.8) is 0 Å². The second-order valence-electron chi connectivity index (χ2n) is 6.47. The Balaban J connectivity index is 1.58. The molecule has 3 rings (SSSR count). The van der Waals surface area contributed by atoms with Crippen LogP contribution < -0.4 is 10.1 Å². The molecule has 0 fully saturated rings. The number of methoxy groups -OCH3 is 1. The number of benzene rings is 1. The van der Waals surface area contributed by atoms with Crippen molar-refractivity contribution in [1.29, 1.82) is 0 Å². The number of aromatic nitrogens is 2. The highest BCUT2D eigenvalue weighted by Gasteiger charge is 2.21. The van der Waals surface area contributed by atoms with Gasteiger partial charge in [0.15, 0.2) is 10.9 Å². The summed E-state index contributed by atoms with van der Waals surface area (Å²) in [7, 11) is 3.48. The van der Waals surface area contributed by atoms with Gasteiger partial charge in [-0.05, 0) is 31.2 Å². The van der Waals surface area contributed by atoms with Crippen molar-refractivity contribution in [1.82, 2.24) is 14.5 Å². The van der Waals surface area contributed by atoms with Gasteiger partial charge in [-0.25, -0.2) is 4.98 Å². The number of ether oxygens (including phenoxy) is 1. The molecule has 158 valence electrons. The number of furan rings is 1. The minimum atomic E-state index is -0.327. The second kappa shape index (κ2) is 10.0. The summed E-state index contributed by atoms with van der Waals surface area (Å²) in [5.74, 6) is 1.45. The van der Waals surface area contributed by atoms with Gasteiger partial charge in [0.2, 0.25) is 5.91 Å². The lowest BCUT2D eigenvalue weighted by molar-refractivity contribution is -0.116. The van der Waals surface area contributed by atoms with Crippen molar-refractivity contribution < 1.29 is 18.7 Å². The van der Waals surface area contributed by atoms with Gasteiger partial charge in [-0.2, -0.15) is 0 Å². The second-order valence-corrected chi connectivity index (χ2v) is 7.42. The van der Waals surface area contributed by atoms with Crippen molar-refractivity contribution >= 4 is 29.3 Å². The van der Waals surface area contributed by atoms with Gasteiger partial charge in [0.25, 0.3) is 5.91 Å². The molecule has 0 radical (unpaired) electrons. The number of nitrogens with zero attached hydrogens (tertiary/aromatic N) is 3. The molecule has 2 heterocycles. The van der Waals surface area contributed by atoms with Crippen LogP contribution in [0, 0.1) is 0 Å². The molecule has 0 atom stereocenters. The topological polar surface area (TPSA) is 89.6 Å². The number of thioether (sulfide) groups is 1. The van der Waals surface area contributed by atoms with E-state index in [1.165, 1.54) is 16.7 Å². The third kappa shape index (κ3) is 5.44. The first-order valence-electron chi connectivity index (χ1n) is 9.42. The zero-order valence-corrected chi connectivity index (χ0v) is 17.9. The van der Waals surface area contributed by atoms with Gasteiger partial charge in [0, 0.05) is 37.7 Å². The molecule has 8 nitrogen and oxygen atoms in total. The summed E-state index contributed by atoms with van der Waals surface area (Å²) >= 11 is 1.52. The fraction of sp³-hybridized carbons (Fsp3) is 0.286. The predicted molar refractivity (Wildman–Crippen MR) is 115 cm³/mol. The van der Waals surface area contributed by atoms with Crippen LogP contribution in [0.1, 0.15) is 23.2 Å². The lowest BCUT2D eigenvalue weighted by Gasteiger charge is -2.19. The van der Waals surface area contributed by atoms with Crippen LogP contribution in [0.4, 0.5) is 5.69 Å². The number of likely N-dealkylation sites (N-methyl/N-ethyl adjacent to an activating group) is 1. The summed E-state index contributed by atoms with van der Waals surface area (Å²) in [6.07, 6.45) is 3.60. The van der Waals surface area contributed by atoms with Gasteiger partial charge in [-0.3, -0.25) is 9.59 Å². The summed E-state index contributed by atoms with van der Waals surface area (Å²) in [6, 6.07) is 10.5. The Labute approximate surface area is 179 Å². The Bertz CT molecular complexity index is 1010. The summed E-state index contributed by atoms with van der Waals surface area (Å²) in [5, 5.41) is 3.64. The zero-order chi connectivity index (χ0) is 21.5. The minimum absolute atomic E-state index is 0.0788. The highest BCUT2D eigenvalue weighted by Crippen LogP contribution is 2.22. The molecule has 2 aromatic heterocycles. The van der Waals surface area contributed by atoms with Crippen LogP contribution in [0.3, 0.4) is 0 Å². The van der Waals surface area contributed by atoms with Crippen LogP contribution in [-0.4, -0.2) is 46.5 Å². The smallest absolute Gasteiger partial charge is 0.290 e. The molecule has 0 aliphatic rings. The van der Waals surface area contributed by atoms with Crippen LogP contribution in [0.15, 0.2) is 58.4 Å². The number of imidazole rings is 1. The summed E-state index contributed by atoms with van der Waals surface area (Å²) in [5.41, 5.74) is 0.606. The lowest BCUT2D eigenvalue weighted by Crippen LogP contribution is -2.37. The van der Waals surface area contributed by atoms with E-state index in [1.807, 2.05) is 24.7 Å². The normalized spacial score (nSPS) is 10.6. The van der Waals surface area contributed by atoms with E-state index in [4.69, 9.17) is 9.15 Å². The Morgan fingerprint density at radius 2 is 2.13 bits per heavy atom. The van der Waals surface area contributed by atoms with Crippen LogP contribution in [0.25, 0.3) is 0 Å². The third-order valence-electron chi connectivity index (χ3n) is 4.35. The molecule has 30 heavy (non-hydrogen) atoms. The molecule has 1 aromatic carbocycles. The molecule has 0 saturated heterocycles. The number of nitrogens with one attached hydrogen (secondary N) is 1. The molecular formula is C21H24N4O4S. The van der Waals surface area contributed by atoms with Crippen molar-refractivity contribution in [2.45, 2.75) is 17.8 Å². The molecule has 0 aliphatic carbocycles. The van der Waals surface area contributed by atoms with Crippen molar-refractivity contribution in [3.05, 3.63) is 60.3 Å². The molecule has 3 aromatic rings. The molecule has 0 unspecified atom stereocenters. The van der Waals surface area contributed by atoms with Crippen LogP contribution in [0.5, 0.6) is 5.75 Å². The highest BCUT2D eigenvalue weighted by atomic mass is 32.2. The van der Waals surface area contributed by atoms with Gasteiger partial charge in [-0.1, -0.05) is 17.8 Å². The number of carbonyl (C=O) groups is 2. The highest BCUT2D eigenvalue weighted by molar-refractivity contribution is 7.98. The maximum Gasteiger partial charge on any atom is 0.290 e. The van der Waals surface area contributed by atoms with Gasteiger partial charge in [-0.15, -0.1) is 0 Å². The number of carbonyl (C=O) groups excluding carboxylic acids is 2. The van der Waals surface area contributed by atoms with E-state index in [2.05, 4.69) is 10.3 Å². The van der Waals surface area contributed by atoms with Gasteiger partial charge in [0.1, 0.15) is 18.1 Å². The van der Waals surface area contributed by atoms with E-state index in [-0.39, 0.29) is 24.1 Å². The molecule has 0 spiro atoms. The number of anilines is 1. The lowest BCUT2D eigenvalue weighted by atomic mass is 10.3. The number of hydrogen-bond acceptors (Lipinski definition) is 6. The summed E-state index contributed by atoms with van der Waals surface area (Å²) in [6.45, 7) is 2.12. The molecule has 0 bridgehead atoms. The fourth-order valence-corrected chi connectivity index (χ4v) is 3.58. The largest absolute Gasteiger partial charge is 0.497 e. The molecule has 0 saturated carbocycles. The molecule has 9 heteroatoms. The predicted octanol–water partition coefficient (Wildman–Crippen LogP) is 3.41. The number of aryl methyl sites for hydroxylation is 1. The van der Waals surface area contributed by atoms with E-state index >= 15 is 0 Å².